The summed E-state index contributed by atoms with van der Waals surface area (Å²) in [5.41, 5.74) is 2.59. The van der Waals surface area contributed by atoms with Crippen molar-refractivity contribution in [1.29, 1.82) is 0 Å². The fraction of sp³-hybridized carbons (Fsp3) is 0.583. The van der Waals surface area contributed by atoms with Gasteiger partial charge in [-0.15, -0.1) is 0 Å². The molecule has 0 saturated carbocycles. The molecule has 15 heavy (non-hydrogen) atoms. The van der Waals surface area contributed by atoms with Crippen LogP contribution in [0, 0.1) is 0 Å². The van der Waals surface area contributed by atoms with Crippen molar-refractivity contribution in [1.82, 2.24) is 5.32 Å². The zero-order valence-electron chi connectivity index (χ0n) is 10.4. The summed E-state index contributed by atoms with van der Waals surface area (Å²) in [5, 5.41) is 3.11. The van der Waals surface area contributed by atoms with Gasteiger partial charge >= 0.3 is 0 Å². The van der Waals surface area contributed by atoms with Crippen LogP contribution >= 0.6 is 0 Å². The molecule has 0 saturated heterocycles. The molecule has 0 unspecified atom stereocenters. The number of nitrogens with zero attached hydrogens (tertiary/aromatic N) is 1. The average molecular weight is 210 g/mol. The van der Waals surface area contributed by atoms with Crippen LogP contribution in [-0.2, 0) is 4.74 Å². The zero-order chi connectivity index (χ0) is 11.7. The van der Waals surface area contributed by atoms with Gasteiger partial charge in [-0.05, 0) is 33.8 Å². The number of rotatable bonds is 5. The van der Waals surface area contributed by atoms with Gasteiger partial charge < -0.3 is 10.1 Å². The van der Waals surface area contributed by atoms with Crippen molar-refractivity contribution in [2.45, 2.75) is 27.7 Å². The Bertz CT molecular complexity index is 261. The van der Waals surface area contributed by atoms with Crippen LogP contribution in [0.15, 0.2) is 28.4 Å². The molecule has 0 aromatic heterocycles. The second-order valence-electron chi connectivity index (χ2n) is 3.62. The Morgan fingerprint density at radius 1 is 1.27 bits per heavy atom. The second-order valence-corrected chi connectivity index (χ2v) is 3.62. The highest BCUT2D eigenvalue weighted by atomic mass is 16.5. The standard InChI is InChI=1S/C12H22N2O/c1-10(2)11(3)6-7-13-12(4)14-8-9-15-5/h6-7H,8-9H2,1-5H3,(H,13,14)/b7-6-. The van der Waals surface area contributed by atoms with Gasteiger partial charge in [0, 0.05) is 13.3 Å². The number of hydrogen-bond acceptors (Lipinski definition) is 2. The summed E-state index contributed by atoms with van der Waals surface area (Å²) in [6.07, 6.45) is 3.96. The van der Waals surface area contributed by atoms with E-state index in [0.29, 0.717) is 13.2 Å². The third kappa shape index (κ3) is 7.94. The first kappa shape index (κ1) is 13.9. The molecule has 0 bridgehead atoms. The highest BCUT2D eigenvalue weighted by Crippen LogP contribution is 2.01. The SMILES string of the molecule is COCCN=C(C)N/C=C\C(C)=C(C)C. The molecular weight excluding hydrogens is 188 g/mol. The van der Waals surface area contributed by atoms with Gasteiger partial charge in [-0.25, -0.2) is 0 Å². The molecule has 3 nitrogen and oxygen atoms in total. The topological polar surface area (TPSA) is 33.6 Å². The molecule has 0 amide bonds. The van der Waals surface area contributed by atoms with Crippen LogP contribution in [0.2, 0.25) is 0 Å². The smallest absolute Gasteiger partial charge is 0.0972 e. The second kappa shape index (κ2) is 8.24. The Kier molecular flexibility index (Phi) is 7.64. The molecule has 0 aliphatic heterocycles. The molecule has 0 radical (unpaired) electrons. The third-order valence-electron chi connectivity index (χ3n) is 2.06. The molecular formula is C12H22N2O. The molecule has 0 heterocycles. The fourth-order valence-electron chi connectivity index (χ4n) is 0.804. The molecule has 0 atom stereocenters. The maximum absolute atomic E-state index is 4.91. The van der Waals surface area contributed by atoms with Crippen molar-refractivity contribution in [2.75, 3.05) is 20.3 Å². The number of hydrogen-bond donors (Lipinski definition) is 1. The summed E-state index contributed by atoms with van der Waals surface area (Å²) in [6, 6.07) is 0. The molecule has 3 heteroatoms. The number of ether oxygens (including phenoxy) is 1. The molecule has 0 aromatic carbocycles. The minimum Gasteiger partial charge on any atom is -0.383 e. The van der Waals surface area contributed by atoms with Gasteiger partial charge in [-0.3, -0.25) is 4.99 Å². The van der Waals surface area contributed by atoms with Crippen LogP contribution in [0.1, 0.15) is 27.7 Å². The lowest BCUT2D eigenvalue weighted by molar-refractivity contribution is 0.208. The maximum Gasteiger partial charge on any atom is 0.0972 e. The number of nitrogens with one attached hydrogen (secondary N) is 1. The van der Waals surface area contributed by atoms with Gasteiger partial charge in [0.15, 0.2) is 0 Å². The van der Waals surface area contributed by atoms with E-state index in [1.165, 1.54) is 11.1 Å². The Hall–Kier alpha value is -1.09. The Labute approximate surface area is 92.9 Å². The summed E-state index contributed by atoms with van der Waals surface area (Å²) in [5.74, 6) is 0.907. The lowest BCUT2D eigenvalue weighted by atomic mass is 10.2. The van der Waals surface area contributed by atoms with Crippen molar-refractivity contribution in [2.24, 2.45) is 4.99 Å². The van der Waals surface area contributed by atoms with Crippen molar-refractivity contribution in [3.63, 3.8) is 0 Å². The van der Waals surface area contributed by atoms with Crippen molar-refractivity contribution in [3.05, 3.63) is 23.4 Å². The molecule has 0 rings (SSSR count). The number of amidine groups is 1. The van der Waals surface area contributed by atoms with Crippen molar-refractivity contribution < 1.29 is 4.74 Å². The van der Waals surface area contributed by atoms with Crippen molar-refractivity contribution in [3.8, 4) is 0 Å². The van der Waals surface area contributed by atoms with E-state index < -0.39 is 0 Å². The van der Waals surface area contributed by atoms with Crippen LogP contribution in [0.5, 0.6) is 0 Å². The minimum atomic E-state index is 0.662. The Morgan fingerprint density at radius 3 is 2.47 bits per heavy atom. The molecule has 0 spiro atoms. The predicted molar refractivity (Wildman–Crippen MR) is 66.2 cm³/mol. The summed E-state index contributed by atoms with van der Waals surface area (Å²) in [4.78, 5) is 4.27. The first-order chi connectivity index (χ1) is 7.07. The summed E-state index contributed by atoms with van der Waals surface area (Å²) in [7, 11) is 1.68. The lowest BCUT2D eigenvalue weighted by Gasteiger charge is -2.00. The Balaban J connectivity index is 3.94. The van der Waals surface area contributed by atoms with E-state index in [4.69, 9.17) is 4.74 Å². The van der Waals surface area contributed by atoms with Crippen LogP contribution in [-0.4, -0.2) is 26.1 Å². The van der Waals surface area contributed by atoms with Crippen LogP contribution in [0.3, 0.4) is 0 Å². The summed E-state index contributed by atoms with van der Waals surface area (Å²) < 4.78 is 4.91. The molecule has 0 aliphatic carbocycles. The van der Waals surface area contributed by atoms with E-state index in [2.05, 4.69) is 31.1 Å². The largest absolute Gasteiger partial charge is 0.383 e. The van der Waals surface area contributed by atoms with Gasteiger partial charge in [-0.2, -0.15) is 0 Å². The summed E-state index contributed by atoms with van der Waals surface area (Å²) >= 11 is 0. The van der Waals surface area contributed by atoms with Crippen LogP contribution < -0.4 is 5.32 Å². The first-order valence-corrected chi connectivity index (χ1v) is 5.15. The highest BCUT2D eigenvalue weighted by Gasteiger charge is 1.87. The van der Waals surface area contributed by atoms with Crippen LogP contribution in [0.4, 0.5) is 0 Å². The van der Waals surface area contributed by atoms with Gasteiger partial charge in [0.2, 0.25) is 0 Å². The normalized spacial score (nSPS) is 11.9. The highest BCUT2D eigenvalue weighted by molar-refractivity contribution is 5.80. The first-order valence-electron chi connectivity index (χ1n) is 5.15. The predicted octanol–water partition coefficient (Wildman–Crippen LogP) is 2.51. The van der Waals surface area contributed by atoms with E-state index in [9.17, 15) is 0 Å². The maximum atomic E-state index is 4.91. The van der Waals surface area contributed by atoms with E-state index in [-0.39, 0.29) is 0 Å². The minimum absolute atomic E-state index is 0.662. The monoisotopic (exact) mass is 210 g/mol. The number of methoxy groups -OCH3 is 1. The van der Waals surface area contributed by atoms with Gasteiger partial charge in [0.1, 0.15) is 0 Å². The van der Waals surface area contributed by atoms with Gasteiger partial charge in [0.05, 0.1) is 19.0 Å². The number of allylic oxidation sites excluding steroid dienone is 3. The molecule has 0 fully saturated rings. The molecule has 0 aliphatic rings. The van der Waals surface area contributed by atoms with Crippen LogP contribution in [0.25, 0.3) is 0 Å². The molecule has 0 aromatic rings. The fourth-order valence-corrected chi connectivity index (χ4v) is 0.804. The quantitative estimate of drug-likeness (QED) is 0.327. The van der Waals surface area contributed by atoms with Gasteiger partial charge in [-0.1, -0.05) is 11.1 Å². The average Bonchev–Trinajstić information content (AvgIpc) is 2.18. The molecule has 86 valence electrons. The van der Waals surface area contributed by atoms with E-state index in [1.807, 2.05) is 19.2 Å². The summed E-state index contributed by atoms with van der Waals surface area (Å²) in [6.45, 7) is 9.59. The van der Waals surface area contributed by atoms with Gasteiger partial charge in [0.25, 0.3) is 0 Å². The van der Waals surface area contributed by atoms with E-state index >= 15 is 0 Å². The van der Waals surface area contributed by atoms with E-state index in [0.717, 1.165) is 5.84 Å². The van der Waals surface area contributed by atoms with E-state index in [1.54, 1.807) is 7.11 Å². The number of aliphatic imine (C=N–C) groups is 1. The Morgan fingerprint density at radius 2 is 1.93 bits per heavy atom. The lowest BCUT2D eigenvalue weighted by Crippen LogP contribution is -2.14. The molecule has 1 N–H and O–H groups in total. The van der Waals surface area contributed by atoms with Crippen molar-refractivity contribution >= 4 is 5.84 Å². The zero-order valence-corrected chi connectivity index (χ0v) is 10.4. The third-order valence-corrected chi connectivity index (χ3v) is 2.06.